The van der Waals surface area contributed by atoms with Gasteiger partial charge < -0.3 is 10.2 Å². The number of benzene rings is 4. The summed E-state index contributed by atoms with van der Waals surface area (Å²) in [5, 5.41) is 3.06. The Bertz CT molecular complexity index is 1220. The average molecular weight is 505 g/mol. The molecule has 38 heavy (non-hydrogen) atoms. The minimum atomic E-state index is -0.621. The largest absolute Gasteiger partial charge is 0.354 e. The van der Waals surface area contributed by atoms with Crippen LogP contribution in [0.3, 0.4) is 0 Å². The fourth-order valence-corrected chi connectivity index (χ4v) is 4.79. The lowest BCUT2D eigenvalue weighted by atomic mass is 9.87. The zero-order valence-electron chi connectivity index (χ0n) is 22.0. The first-order valence-corrected chi connectivity index (χ1v) is 13.4. The van der Waals surface area contributed by atoms with E-state index in [4.69, 9.17) is 0 Å². The highest BCUT2D eigenvalue weighted by Crippen LogP contribution is 2.29. The predicted octanol–water partition coefficient (Wildman–Crippen LogP) is 6.37. The fraction of sp³-hybridized carbons (Fsp3) is 0.235. The summed E-state index contributed by atoms with van der Waals surface area (Å²) in [6.07, 6.45) is 1.56. The van der Waals surface area contributed by atoms with Gasteiger partial charge in [0.15, 0.2) is 0 Å². The molecule has 0 fully saturated rings. The molecule has 4 heteroatoms. The third-order valence-electron chi connectivity index (χ3n) is 6.80. The van der Waals surface area contributed by atoms with Gasteiger partial charge in [0.2, 0.25) is 11.8 Å². The maximum atomic E-state index is 14.3. The van der Waals surface area contributed by atoms with E-state index in [9.17, 15) is 9.59 Å². The van der Waals surface area contributed by atoms with E-state index in [1.54, 1.807) is 4.90 Å². The van der Waals surface area contributed by atoms with Crippen LogP contribution in [0.15, 0.2) is 121 Å². The van der Waals surface area contributed by atoms with Crippen LogP contribution in [0.25, 0.3) is 0 Å². The topological polar surface area (TPSA) is 49.4 Å². The lowest BCUT2D eigenvalue weighted by molar-refractivity contribution is -0.141. The van der Waals surface area contributed by atoms with Crippen LogP contribution in [0.1, 0.15) is 47.9 Å². The molecular weight excluding hydrogens is 468 g/mol. The van der Waals surface area contributed by atoms with Gasteiger partial charge in [-0.15, -0.1) is 0 Å². The van der Waals surface area contributed by atoms with Gasteiger partial charge in [-0.1, -0.05) is 128 Å². The molecule has 4 nitrogen and oxygen atoms in total. The zero-order valence-corrected chi connectivity index (χ0v) is 22.0. The van der Waals surface area contributed by atoms with Gasteiger partial charge >= 0.3 is 0 Å². The van der Waals surface area contributed by atoms with Gasteiger partial charge in [-0.3, -0.25) is 9.59 Å². The molecule has 194 valence electrons. The molecular formula is C34H36N2O2. The second-order valence-corrected chi connectivity index (χ2v) is 9.58. The third-order valence-corrected chi connectivity index (χ3v) is 6.80. The van der Waals surface area contributed by atoms with E-state index >= 15 is 0 Å². The van der Waals surface area contributed by atoms with Gasteiger partial charge in [0.05, 0.1) is 0 Å². The Hall–Kier alpha value is -4.18. The number of carbonyl (C=O) groups excluding carboxylic acids is 2. The summed E-state index contributed by atoms with van der Waals surface area (Å²) in [6, 6.07) is 39.5. The number of hydrogen-bond donors (Lipinski definition) is 1. The molecule has 0 aromatic heterocycles. The second-order valence-electron chi connectivity index (χ2n) is 9.58. The molecule has 0 aliphatic carbocycles. The van der Waals surface area contributed by atoms with E-state index in [2.05, 4.69) is 29.6 Å². The Labute approximate surface area is 226 Å². The van der Waals surface area contributed by atoms with Crippen molar-refractivity contribution in [2.75, 3.05) is 6.54 Å². The molecule has 2 amide bonds. The molecule has 0 spiro atoms. The van der Waals surface area contributed by atoms with Crippen LogP contribution in [-0.2, 0) is 22.6 Å². The van der Waals surface area contributed by atoms with Crippen LogP contribution >= 0.6 is 0 Å². The van der Waals surface area contributed by atoms with E-state index < -0.39 is 6.04 Å². The highest BCUT2D eigenvalue weighted by molar-refractivity contribution is 5.88. The third kappa shape index (κ3) is 7.42. The number of nitrogens with zero attached hydrogens (tertiary/aromatic N) is 1. The van der Waals surface area contributed by atoms with Crippen molar-refractivity contribution in [3.05, 3.63) is 144 Å². The molecule has 4 rings (SSSR count). The van der Waals surface area contributed by atoms with Gasteiger partial charge in [-0.2, -0.15) is 0 Å². The van der Waals surface area contributed by atoms with Gasteiger partial charge in [-0.05, 0) is 28.7 Å². The monoisotopic (exact) mass is 504 g/mol. The van der Waals surface area contributed by atoms with E-state index in [0.717, 1.165) is 28.7 Å². The first-order valence-electron chi connectivity index (χ1n) is 13.4. The molecule has 0 heterocycles. The van der Waals surface area contributed by atoms with E-state index in [-0.39, 0.29) is 24.2 Å². The Kier molecular flexibility index (Phi) is 9.86. The van der Waals surface area contributed by atoms with Crippen molar-refractivity contribution in [1.82, 2.24) is 10.2 Å². The maximum absolute atomic E-state index is 14.3. The molecule has 0 unspecified atom stereocenters. The molecule has 0 saturated carbocycles. The summed E-state index contributed by atoms with van der Waals surface area (Å²) >= 11 is 0. The molecule has 0 saturated heterocycles. The number of nitrogens with one attached hydrogen (secondary N) is 1. The van der Waals surface area contributed by atoms with Crippen LogP contribution in [-0.4, -0.2) is 29.3 Å². The van der Waals surface area contributed by atoms with Crippen molar-refractivity contribution in [3.8, 4) is 0 Å². The Morgan fingerprint density at radius 3 is 1.66 bits per heavy atom. The quantitative estimate of drug-likeness (QED) is 0.244. The van der Waals surface area contributed by atoms with Crippen molar-refractivity contribution in [3.63, 3.8) is 0 Å². The molecule has 4 aromatic rings. The van der Waals surface area contributed by atoms with Gasteiger partial charge in [-0.25, -0.2) is 0 Å². The van der Waals surface area contributed by atoms with Crippen LogP contribution < -0.4 is 5.32 Å². The Morgan fingerprint density at radius 1 is 0.684 bits per heavy atom. The van der Waals surface area contributed by atoms with E-state index in [1.807, 2.05) is 104 Å². The smallest absolute Gasteiger partial charge is 0.243 e. The Balaban J connectivity index is 1.70. The van der Waals surface area contributed by atoms with Crippen LogP contribution in [0.5, 0.6) is 0 Å². The van der Waals surface area contributed by atoms with Crippen LogP contribution in [0.4, 0.5) is 0 Å². The fourth-order valence-electron chi connectivity index (χ4n) is 4.79. The van der Waals surface area contributed by atoms with Crippen molar-refractivity contribution >= 4 is 11.8 Å². The second kappa shape index (κ2) is 13.9. The first-order chi connectivity index (χ1) is 18.7. The molecule has 0 bridgehead atoms. The highest BCUT2D eigenvalue weighted by Gasteiger charge is 2.32. The predicted molar refractivity (Wildman–Crippen MR) is 154 cm³/mol. The van der Waals surface area contributed by atoms with Crippen LogP contribution in [0.2, 0.25) is 0 Å². The molecule has 0 radical (unpaired) electrons. The molecule has 0 aliphatic heterocycles. The summed E-state index contributed by atoms with van der Waals surface area (Å²) in [6.45, 7) is 2.98. The van der Waals surface area contributed by atoms with Crippen molar-refractivity contribution in [1.29, 1.82) is 0 Å². The SMILES string of the molecule is CCCNC(=O)[C@@H](Cc1ccccc1)N(Cc1ccccc1)C(=O)CC(c1ccccc1)c1ccccc1. The number of amides is 2. The van der Waals surface area contributed by atoms with Crippen molar-refractivity contribution < 1.29 is 9.59 Å². The number of carbonyl (C=O) groups is 2. The molecule has 4 aromatic carbocycles. The summed E-state index contributed by atoms with van der Waals surface area (Å²) in [5.41, 5.74) is 4.19. The minimum absolute atomic E-state index is 0.0425. The maximum Gasteiger partial charge on any atom is 0.243 e. The summed E-state index contributed by atoms with van der Waals surface area (Å²) < 4.78 is 0. The van der Waals surface area contributed by atoms with Gasteiger partial charge in [0.1, 0.15) is 6.04 Å². The van der Waals surface area contributed by atoms with E-state index in [0.29, 0.717) is 19.5 Å². The van der Waals surface area contributed by atoms with Gasteiger partial charge in [0, 0.05) is 31.8 Å². The standard InChI is InChI=1S/C34H36N2O2/c1-2-23-35-34(38)32(24-27-15-7-3-8-16-27)36(26-28-17-9-4-10-18-28)33(37)25-31(29-19-11-5-12-20-29)30-21-13-6-14-22-30/h3-22,31-32H,2,23-26H2,1H3,(H,35,38)/t32-/m1/s1. The Morgan fingerprint density at radius 2 is 1.16 bits per heavy atom. The van der Waals surface area contributed by atoms with Crippen LogP contribution in [0, 0.1) is 0 Å². The number of hydrogen-bond acceptors (Lipinski definition) is 2. The summed E-state index contributed by atoms with van der Waals surface area (Å²) in [5.74, 6) is -0.269. The normalized spacial score (nSPS) is 11.6. The molecule has 1 atom stereocenters. The average Bonchev–Trinajstić information content (AvgIpc) is 2.98. The molecule has 0 aliphatic rings. The number of rotatable bonds is 12. The minimum Gasteiger partial charge on any atom is -0.354 e. The lowest BCUT2D eigenvalue weighted by Gasteiger charge is -2.33. The molecule has 1 N–H and O–H groups in total. The first kappa shape index (κ1) is 26.9. The van der Waals surface area contributed by atoms with Gasteiger partial charge in [0.25, 0.3) is 0 Å². The van der Waals surface area contributed by atoms with Crippen molar-refractivity contribution in [2.24, 2.45) is 0 Å². The summed E-state index contributed by atoms with van der Waals surface area (Å²) in [7, 11) is 0. The summed E-state index contributed by atoms with van der Waals surface area (Å²) in [4.78, 5) is 29.6. The zero-order chi connectivity index (χ0) is 26.6. The highest BCUT2D eigenvalue weighted by atomic mass is 16.2. The lowest BCUT2D eigenvalue weighted by Crippen LogP contribution is -2.50. The van der Waals surface area contributed by atoms with E-state index in [1.165, 1.54) is 0 Å². The van der Waals surface area contributed by atoms with Crippen molar-refractivity contribution in [2.45, 2.75) is 44.7 Å².